The van der Waals surface area contributed by atoms with Crippen LogP contribution < -0.4 is 4.90 Å². The molecule has 1 saturated heterocycles. The summed E-state index contributed by atoms with van der Waals surface area (Å²) in [6.07, 6.45) is 1.19. The number of thiazole rings is 1. The summed E-state index contributed by atoms with van der Waals surface area (Å²) in [7, 11) is -3.37. The number of amides is 1. The van der Waals surface area contributed by atoms with Crippen molar-refractivity contribution >= 4 is 48.2 Å². The molecule has 2 heterocycles. The van der Waals surface area contributed by atoms with Gasteiger partial charge in [-0.15, -0.1) is 0 Å². The molecular formula is C26H23N3O4S2. The molecule has 5 rings (SSSR count). The molecule has 178 valence electrons. The maximum atomic E-state index is 13.0. The van der Waals surface area contributed by atoms with Gasteiger partial charge in [0.1, 0.15) is 5.52 Å². The van der Waals surface area contributed by atoms with Crippen molar-refractivity contribution in [2.45, 2.75) is 4.90 Å². The van der Waals surface area contributed by atoms with Crippen molar-refractivity contribution in [1.29, 1.82) is 0 Å². The number of para-hydroxylation sites is 1. The van der Waals surface area contributed by atoms with Gasteiger partial charge in [-0.2, -0.15) is 0 Å². The van der Waals surface area contributed by atoms with E-state index in [-0.39, 0.29) is 16.6 Å². The quantitative estimate of drug-likeness (QED) is 0.383. The van der Waals surface area contributed by atoms with Gasteiger partial charge >= 0.3 is 0 Å². The molecule has 1 fully saturated rings. The Kier molecular flexibility index (Phi) is 6.12. The lowest BCUT2D eigenvalue weighted by atomic mass is 10.0. The molecule has 7 nitrogen and oxygen atoms in total. The zero-order valence-electron chi connectivity index (χ0n) is 19.0. The van der Waals surface area contributed by atoms with Crippen LogP contribution in [0.25, 0.3) is 10.2 Å². The van der Waals surface area contributed by atoms with Crippen LogP contribution in [0.4, 0.5) is 5.13 Å². The van der Waals surface area contributed by atoms with Crippen molar-refractivity contribution in [2.24, 2.45) is 0 Å². The zero-order chi connectivity index (χ0) is 24.6. The molecule has 0 radical (unpaired) electrons. The third kappa shape index (κ3) is 4.69. The molecule has 0 N–H and O–H groups in total. The van der Waals surface area contributed by atoms with Crippen LogP contribution in [0.5, 0.6) is 0 Å². The Morgan fingerprint density at radius 1 is 0.800 bits per heavy atom. The number of anilines is 1. The Morgan fingerprint density at radius 3 is 2.09 bits per heavy atom. The number of hydrogen-bond acceptors (Lipinski definition) is 7. The highest BCUT2D eigenvalue weighted by molar-refractivity contribution is 7.91. The van der Waals surface area contributed by atoms with Gasteiger partial charge in [0.15, 0.2) is 20.8 Å². The minimum Gasteiger partial charge on any atom is -0.345 e. The summed E-state index contributed by atoms with van der Waals surface area (Å²) in [6, 6.07) is 21.0. The second-order valence-electron chi connectivity index (χ2n) is 8.42. The lowest BCUT2D eigenvalue weighted by Gasteiger charge is -2.34. The first-order valence-corrected chi connectivity index (χ1v) is 13.9. The molecule has 3 aromatic carbocycles. The first-order chi connectivity index (χ1) is 16.8. The van der Waals surface area contributed by atoms with E-state index in [1.54, 1.807) is 53.4 Å². The second kappa shape index (κ2) is 9.24. The maximum Gasteiger partial charge on any atom is 0.253 e. The van der Waals surface area contributed by atoms with Crippen molar-refractivity contribution in [1.82, 2.24) is 9.88 Å². The van der Waals surface area contributed by atoms with Gasteiger partial charge in [-0.05, 0) is 24.3 Å². The van der Waals surface area contributed by atoms with Gasteiger partial charge < -0.3 is 9.80 Å². The summed E-state index contributed by atoms with van der Waals surface area (Å²) < 4.78 is 25.0. The van der Waals surface area contributed by atoms with E-state index >= 15 is 0 Å². The normalized spacial score (nSPS) is 14.3. The van der Waals surface area contributed by atoms with E-state index in [2.05, 4.69) is 9.88 Å². The fourth-order valence-corrected chi connectivity index (χ4v) is 6.09. The molecule has 0 unspecified atom stereocenters. The van der Waals surface area contributed by atoms with E-state index in [4.69, 9.17) is 0 Å². The Hall–Kier alpha value is -3.56. The number of carbonyl (C=O) groups is 2. The molecular weight excluding hydrogens is 482 g/mol. The van der Waals surface area contributed by atoms with Gasteiger partial charge in [-0.1, -0.05) is 59.9 Å². The number of nitrogens with zero attached hydrogens (tertiary/aromatic N) is 3. The Bertz CT molecular complexity index is 1510. The molecule has 1 aliphatic rings. The Labute approximate surface area is 207 Å². The van der Waals surface area contributed by atoms with Crippen LogP contribution in [0.1, 0.15) is 26.3 Å². The Morgan fingerprint density at radius 2 is 1.43 bits per heavy atom. The SMILES string of the molecule is CS(=O)(=O)c1cccc2sc(N3CCN(C(=O)c4ccc(C(=O)c5ccccc5)cc4)CC3)nc12. The van der Waals surface area contributed by atoms with E-state index in [1.807, 2.05) is 24.3 Å². The molecule has 0 atom stereocenters. The third-order valence-electron chi connectivity index (χ3n) is 6.04. The fraction of sp³-hybridized carbons (Fsp3) is 0.192. The highest BCUT2D eigenvalue weighted by Gasteiger charge is 2.25. The smallest absolute Gasteiger partial charge is 0.253 e. The minimum atomic E-state index is -3.37. The van der Waals surface area contributed by atoms with Crippen LogP contribution >= 0.6 is 11.3 Å². The van der Waals surface area contributed by atoms with E-state index < -0.39 is 9.84 Å². The molecule has 0 saturated carbocycles. The number of benzene rings is 3. The number of aromatic nitrogens is 1. The van der Waals surface area contributed by atoms with Crippen LogP contribution in [0, 0.1) is 0 Å². The third-order valence-corrected chi connectivity index (χ3v) is 8.25. The summed E-state index contributed by atoms with van der Waals surface area (Å²) in [5.74, 6) is -0.153. The van der Waals surface area contributed by atoms with E-state index in [0.717, 1.165) is 9.83 Å². The summed E-state index contributed by atoms with van der Waals surface area (Å²) in [5.41, 5.74) is 2.20. The van der Waals surface area contributed by atoms with E-state index in [1.165, 1.54) is 17.6 Å². The van der Waals surface area contributed by atoms with Crippen LogP contribution in [-0.2, 0) is 9.84 Å². The van der Waals surface area contributed by atoms with Gasteiger partial charge in [0.25, 0.3) is 5.91 Å². The van der Waals surface area contributed by atoms with Crippen molar-refractivity contribution in [3.63, 3.8) is 0 Å². The summed E-state index contributed by atoms with van der Waals surface area (Å²) in [4.78, 5) is 34.4. The van der Waals surface area contributed by atoms with Gasteiger partial charge in [0, 0.05) is 49.1 Å². The molecule has 1 amide bonds. The van der Waals surface area contributed by atoms with Crippen molar-refractivity contribution in [3.8, 4) is 0 Å². The highest BCUT2D eigenvalue weighted by Crippen LogP contribution is 2.33. The minimum absolute atomic E-state index is 0.0759. The standard InChI is InChI=1S/C26H23N3O4S2/c1-35(32,33)22-9-5-8-21-23(22)27-26(34-21)29-16-14-28(15-17-29)25(31)20-12-10-19(11-13-20)24(30)18-6-3-2-4-7-18/h2-13H,14-17H2,1H3. The summed E-state index contributed by atoms with van der Waals surface area (Å²) >= 11 is 1.46. The maximum absolute atomic E-state index is 13.0. The van der Waals surface area contributed by atoms with E-state index in [0.29, 0.717) is 48.4 Å². The summed E-state index contributed by atoms with van der Waals surface area (Å²) in [5, 5.41) is 0.756. The zero-order valence-corrected chi connectivity index (χ0v) is 20.7. The van der Waals surface area contributed by atoms with Crippen LogP contribution in [0.3, 0.4) is 0 Å². The molecule has 9 heteroatoms. The lowest BCUT2D eigenvalue weighted by Crippen LogP contribution is -2.48. The van der Waals surface area contributed by atoms with Crippen LogP contribution in [-0.4, -0.2) is 62.4 Å². The van der Waals surface area contributed by atoms with E-state index in [9.17, 15) is 18.0 Å². The van der Waals surface area contributed by atoms with Crippen molar-refractivity contribution < 1.29 is 18.0 Å². The molecule has 0 aliphatic carbocycles. The van der Waals surface area contributed by atoms with Gasteiger partial charge in [0.2, 0.25) is 0 Å². The molecule has 1 aliphatic heterocycles. The van der Waals surface area contributed by atoms with Gasteiger partial charge in [0.05, 0.1) is 9.60 Å². The molecule has 1 aromatic heterocycles. The average molecular weight is 506 g/mol. The number of piperazine rings is 1. The second-order valence-corrected chi connectivity index (χ2v) is 11.4. The average Bonchev–Trinajstić information content (AvgIpc) is 3.32. The molecule has 0 spiro atoms. The number of hydrogen-bond donors (Lipinski definition) is 0. The first kappa shape index (κ1) is 23.2. The van der Waals surface area contributed by atoms with Crippen molar-refractivity contribution in [3.05, 3.63) is 89.5 Å². The van der Waals surface area contributed by atoms with Crippen LogP contribution in [0.15, 0.2) is 77.7 Å². The lowest BCUT2D eigenvalue weighted by molar-refractivity contribution is 0.0746. The van der Waals surface area contributed by atoms with Crippen LogP contribution in [0.2, 0.25) is 0 Å². The Balaban J connectivity index is 1.26. The summed E-state index contributed by atoms with van der Waals surface area (Å²) in [6.45, 7) is 2.26. The number of ketones is 1. The number of rotatable bonds is 5. The number of carbonyl (C=O) groups excluding carboxylic acids is 2. The van der Waals surface area contributed by atoms with Crippen molar-refractivity contribution in [2.75, 3.05) is 37.3 Å². The van der Waals surface area contributed by atoms with Gasteiger partial charge in [-0.25, -0.2) is 13.4 Å². The monoisotopic (exact) mass is 505 g/mol. The molecule has 0 bridgehead atoms. The highest BCUT2D eigenvalue weighted by atomic mass is 32.2. The number of fused-ring (bicyclic) bond motifs is 1. The van der Waals surface area contributed by atoms with Gasteiger partial charge in [-0.3, -0.25) is 9.59 Å². The predicted octanol–water partition coefficient (Wildman–Crippen LogP) is 3.89. The number of sulfone groups is 1. The fourth-order valence-electron chi connectivity index (χ4n) is 4.15. The largest absolute Gasteiger partial charge is 0.345 e. The first-order valence-electron chi connectivity index (χ1n) is 11.1. The predicted molar refractivity (Wildman–Crippen MR) is 137 cm³/mol. The molecule has 35 heavy (non-hydrogen) atoms. The molecule has 4 aromatic rings. The topological polar surface area (TPSA) is 87.7 Å².